The molecule has 0 bridgehead atoms. The predicted molar refractivity (Wildman–Crippen MR) is 119 cm³/mol. The molecule has 7 heteroatoms. The van der Waals surface area contributed by atoms with Crippen molar-refractivity contribution >= 4 is 39.1 Å². The van der Waals surface area contributed by atoms with Crippen LogP contribution >= 0.6 is 15.9 Å². The number of halogens is 1. The van der Waals surface area contributed by atoms with E-state index in [4.69, 9.17) is 9.47 Å². The summed E-state index contributed by atoms with van der Waals surface area (Å²) in [7, 11) is 1.62. The number of aromatic nitrogens is 2. The van der Waals surface area contributed by atoms with E-state index in [2.05, 4.69) is 36.4 Å². The number of rotatable bonds is 7. The molecular formula is C22H19BrN4O2. The molecule has 0 atom stereocenters. The van der Waals surface area contributed by atoms with Crippen LogP contribution in [0.1, 0.15) is 11.1 Å². The molecule has 0 aliphatic carbocycles. The fourth-order valence-corrected chi connectivity index (χ4v) is 3.06. The van der Waals surface area contributed by atoms with Crippen molar-refractivity contribution in [3.8, 4) is 11.5 Å². The van der Waals surface area contributed by atoms with Gasteiger partial charge in [-0.15, -0.1) is 0 Å². The van der Waals surface area contributed by atoms with Gasteiger partial charge in [0.05, 0.1) is 24.4 Å². The van der Waals surface area contributed by atoms with Crippen LogP contribution in [0, 0.1) is 0 Å². The molecule has 0 saturated heterocycles. The highest BCUT2D eigenvalue weighted by Gasteiger charge is 2.06. The van der Waals surface area contributed by atoms with Gasteiger partial charge >= 0.3 is 0 Å². The summed E-state index contributed by atoms with van der Waals surface area (Å²) >= 11 is 3.43. The van der Waals surface area contributed by atoms with E-state index >= 15 is 0 Å². The number of H-pyrrole nitrogens is 1. The van der Waals surface area contributed by atoms with Crippen LogP contribution in [0.25, 0.3) is 11.0 Å². The number of imidazole rings is 1. The number of hydrogen-bond acceptors (Lipinski definition) is 5. The number of benzene rings is 3. The van der Waals surface area contributed by atoms with E-state index in [0.717, 1.165) is 26.6 Å². The van der Waals surface area contributed by atoms with E-state index in [1.54, 1.807) is 13.3 Å². The van der Waals surface area contributed by atoms with Gasteiger partial charge in [0.2, 0.25) is 5.95 Å². The second-order valence-corrected chi connectivity index (χ2v) is 7.21. The molecule has 2 N–H and O–H groups in total. The fraction of sp³-hybridized carbons (Fsp3) is 0.0909. The predicted octanol–water partition coefficient (Wildman–Crippen LogP) is 5.36. The van der Waals surface area contributed by atoms with Crippen molar-refractivity contribution in [1.82, 2.24) is 9.97 Å². The molecule has 4 rings (SSSR count). The van der Waals surface area contributed by atoms with Gasteiger partial charge < -0.3 is 14.5 Å². The Balaban J connectivity index is 1.41. The van der Waals surface area contributed by atoms with Crippen molar-refractivity contribution in [2.45, 2.75) is 6.61 Å². The number of hydrazone groups is 1. The third-order valence-electron chi connectivity index (χ3n) is 4.27. The molecule has 1 heterocycles. The Morgan fingerprint density at radius 3 is 2.69 bits per heavy atom. The highest BCUT2D eigenvalue weighted by atomic mass is 79.9. The fourth-order valence-electron chi connectivity index (χ4n) is 2.80. The summed E-state index contributed by atoms with van der Waals surface area (Å²) in [6.45, 7) is 0.463. The smallest absolute Gasteiger partial charge is 0.222 e. The van der Waals surface area contributed by atoms with E-state index in [9.17, 15) is 0 Å². The molecule has 0 saturated carbocycles. The molecule has 0 amide bonds. The number of methoxy groups -OCH3 is 1. The Morgan fingerprint density at radius 1 is 1.07 bits per heavy atom. The average molecular weight is 451 g/mol. The third kappa shape index (κ3) is 4.75. The van der Waals surface area contributed by atoms with Crippen molar-refractivity contribution in [2.75, 3.05) is 12.5 Å². The molecule has 29 heavy (non-hydrogen) atoms. The maximum Gasteiger partial charge on any atom is 0.222 e. The number of ether oxygens (including phenoxy) is 2. The van der Waals surface area contributed by atoms with Crippen LogP contribution in [0.2, 0.25) is 0 Å². The Labute approximate surface area is 176 Å². The minimum Gasteiger partial charge on any atom is -0.493 e. The van der Waals surface area contributed by atoms with E-state index in [1.807, 2.05) is 66.7 Å². The first-order valence-electron chi connectivity index (χ1n) is 9.00. The number of hydrogen-bond donors (Lipinski definition) is 2. The van der Waals surface area contributed by atoms with Crippen molar-refractivity contribution in [3.05, 3.63) is 82.3 Å². The van der Waals surface area contributed by atoms with Gasteiger partial charge in [0.1, 0.15) is 6.61 Å². The Bertz CT molecular complexity index is 1110. The summed E-state index contributed by atoms with van der Waals surface area (Å²) in [5.74, 6) is 1.91. The standard InChI is InChI=1S/C22H19BrN4O2/c1-28-21-12-16(8-11-20(21)29-14-15-6-9-17(23)10-7-15)13-24-27-22-25-18-4-2-3-5-19(18)26-22/h2-13H,14H2,1H3,(H2,25,26,27)/b24-13-. The van der Waals surface area contributed by atoms with E-state index in [-0.39, 0.29) is 0 Å². The summed E-state index contributed by atoms with van der Waals surface area (Å²) in [5, 5.41) is 4.24. The van der Waals surface area contributed by atoms with Crippen LogP contribution in [0.15, 0.2) is 76.3 Å². The van der Waals surface area contributed by atoms with Crippen LogP contribution in [0.5, 0.6) is 11.5 Å². The summed E-state index contributed by atoms with van der Waals surface area (Å²) < 4.78 is 12.4. The first-order valence-corrected chi connectivity index (χ1v) is 9.80. The number of nitrogens with zero attached hydrogens (tertiary/aromatic N) is 2. The first-order chi connectivity index (χ1) is 14.2. The van der Waals surface area contributed by atoms with Gasteiger partial charge in [0.15, 0.2) is 11.5 Å². The van der Waals surface area contributed by atoms with E-state index < -0.39 is 0 Å². The van der Waals surface area contributed by atoms with Crippen LogP contribution in [-0.4, -0.2) is 23.3 Å². The topological polar surface area (TPSA) is 71.5 Å². The molecule has 4 aromatic rings. The lowest BCUT2D eigenvalue weighted by Gasteiger charge is -2.11. The summed E-state index contributed by atoms with van der Waals surface area (Å²) in [4.78, 5) is 7.59. The number of fused-ring (bicyclic) bond motifs is 1. The van der Waals surface area contributed by atoms with Gasteiger partial charge in [0.25, 0.3) is 0 Å². The first kappa shape index (κ1) is 19.0. The Morgan fingerprint density at radius 2 is 1.90 bits per heavy atom. The van der Waals surface area contributed by atoms with E-state index in [1.165, 1.54) is 0 Å². The molecule has 0 aliphatic rings. The van der Waals surface area contributed by atoms with Crippen molar-refractivity contribution < 1.29 is 9.47 Å². The summed E-state index contributed by atoms with van der Waals surface area (Å²) in [6.07, 6.45) is 1.70. The van der Waals surface area contributed by atoms with E-state index in [0.29, 0.717) is 24.1 Å². The average Bonchev–Trinajstić information content (AvgIpc) is 3.16. The molecule has 0 unspecified atom stereocenters. The molecule has 0 fully saturated rings. The molecule has 6 nitrogen and oxygen atoms in total. The van der Waals surface area contributed by atoms with Crippen molar-refractivity contribution in [1.29, 1.82) is 0 Å². The molecular weight excluding hydrogens is 432 g/mol. The second kappa shape index (κ2) is 8.79. The van der Waals surface area contributed by atoms with Gasteiger partial charge in [-0.1, -0.05) is 40.2 Å². The van der Waals surface area contributed by atoms with Gasteiger partial charge in [-0.05, 0) is 53.6 Å². The van der Waals surface area contributed by atoms with Crippen LogP contribution < -0.4 is 14.9 Å². The normalized spacial score (nSPS) is 11.1. The molecule has 146 valence electrons. The zero-order valence-electron chi connectivity index (χ0n) is 15.7. The van der Waals surface area contributed by atoms with Crippen LogP contribution in [-0.2, 0) is 6.61 Å². The Hall–Kier alpha value is -3.32. The molecule has 1 aromatic heterocycles. The van der Waals surface area contributed by atoms with Crippen LogP contribution in [0.3, 0.4) is 0 Å². The zero-order chi connectivity index (χ0) is 20.1. The quantitative estimate of drug-likeness (QED) is 0.293. The number of para-hydroxylation sites is 2. The third-order valence-corrected chi connectivity index (χ3v) is 4.80. The molecule has 0 aliphatic heterocycles. The minimum atomic E-state index is 0.463. The van der Waals surface area contributed by atoms with Crippen molar-refractivity contribution in [2.24, 2.45) is 5.10 Å². The molecule has 0 spiro atoms. The SMILES string of the molecule is COc1cc(/C=N\Nc2nc3ccccc3[nH]2)ccc1OCc1ccc(Br)cc1. The van der Waals surface area contributed by atoms with Crippen LogP contribution in [0.4, 0.5) is 5.95 Å². The summed E-state index contributed by atoms with van der Waals surface area (Å²) in [6, 6.07) is 21.5. The lowest BCUT2D eigenvalue weighted by Crippen LogP contribution is -1.99. The highest BCUT2D eigenvalue weighted by Crippen LogP contribution is 2.28. The number of aromatic amines is 1. The molecule has 3 aromatic carbocycles. The van der Waals surface area contributed by atoms with Gasteiger partial charge in [0, 0.05) is 4.47 Å². The Kier molecular flexibility index (Phi) is 5.76. The van der Waals surface area contributed by atoms with Gasteiger partial charge in [-0.25, -0.2) is 10.4 Å². The maximum absolute atomic E-state index is 5.90. The lowest BCUT2D eigenvalue weighted by atomic mass is 10.2. The number of anilines is 1. The largest absolute Gasteiger partial charge is 0.493 e. The highest BCUT2D eigenvalue weighted by molar-refractivity contribution is 9.10. The zero-order valence-corrected chi connectivity index (χ0v) is 17.3. The van der Waals surface area contributed by atoms with Gasteiger partial charge in [-0.3, -0.25) is 0 Å². The summed E-state index contributed by atoms with van der Waals surface area (Å²) in [5.41, 5.74) is 6.71. The lowest BCUT2D eigenvalue weighted by molar-refractivity contribution is 0.284. The van der Waals surface area contributed by atoms with Crippen molar-refractivity contribution in [3.63, 3.8) is 0 Å². The monoisotopic (exact) mass is 450 g/mol. The maximum atomic E-state index is 5.90. The molecule has 0 radical (unpaired) electrons. The second-order valence-electron chi connectivity index (χ2n) is 6.30. The van der Waals surface area contributed by atoms with Gasteiger partial charge in [-0.2, -0.15) is 5.10 Å². The minimum absolute atomic E-state index is 0.463. The number of nitrogens with one attached hydrogen (secondary N) is 2.